The number of benzene rings is 1. The molecule has 0 N–H and O–H groups in total. The van der Waals surface area contributed by atoms with Crippen LogP contribution in [0.3, 0.4) is 0 Å². The third-order valence-corrected chi connectivity index (χ3v) is 2.58. The van der Waals surface area contributed by atoms with E-state index in [9.17, 15) is 9.18 Å². The number of rotatable bonds is 5. The van der Waals surface area contributed by atoms with Gasteiger partial charge in [-0.05, 0) is 22.0 Å². The normalized spacial score (nSPS) is 10.2. The maximum absolute atomic E-state index is 13.1. The summed E-state index contributed by atoms with van der Waals surface area (Å²) in [6.45, 7) is -0.207. The van der Waals surface area contributed by atoms with Crippen LogP contribution in [0.15, 0.2) is 16.6 Å². The smallest absolute Gasteiger partial charge is 0.195 e. The maximum atomic E-state index is 13.1. The average Bonchev–Trinajstić information content (AvgIpc) is 2.22. The highest BCUT2D eigenvalue weighted by atomic mass is 79.9. The van der Waals surface area contributed by atoms with Gasteiger partial charge in [0.2, 0.25) is 0 Å². The number of ether oxygens (including phenoxy) is 2. The Morgan fingerprint density at radius 3 is 2.81 bits per heavy atom. The molecule has 6 heteroatoms. The first-order valence-corrected chi connectivity index (χ1v) is 5.49. The summed E-state index contributed by atoms with van der Waals surface area (Å²) in [4.78, 5) is 11.1. The third kappa shape index (κ3) is 3.73. The largest absolute Gasteiger partial charge is 0.484 e. The van der Waals surface area contributed by atoms with Crippen molar-refractivity contribution in [3.05, 3.63) is 27.4 Å². The lowest BCUT2D eigenvalue weighted by atomic mass is 10.3. The van der Waals surface area contributed by atoms with Gasteiger partial charge in [0, 0.05) is 13.2 Å². The summed E-state index contributed by atoms with van der Waals surface area (Å²) in [6, 6.07) is 2.49. The highest BCUT2D eigenvalue weighted by Crippen LogP contribution is 2.30. The Labute approximate surface area is 106 Å². The lowest BCUT2D eigenvalue weighted by Crippen LogP contribution is -2.16. The Hall–Kier alpha value is -0.650. The number of ketones is 1. The molecule has 1 rings (SSSR count). The molecule has 0 atom stereocenters. The van der Waals surface area contributed by atoms with Gasteiger partial charge < -0.3 is 9.47 Å². The molecule has 3 nitrogen and oxygen atoms in total. The van der Waals surface area contributed by atoms with Crippen LogP contribution in [0.5, 0.6) is 5.75 Å². The fourth-order valence-corrected chi connectivity index (χ4v) is 1.73. The van der Waals surface area contributed by atoms with Crippen LogP contribution >= 0.6 is 27.5 Å². The first-order chi connectivity index (χ1) is 7.54. The second-order valence-electron chi connectivity index (χ2n) is 2.96. The van der Waals surface area contributed by atoms with E-state index < -0.39 is 5.82 Å². The van der Waals surface area contributed by atoms with Gasteiger partial charge in [0.15, 0.2) is 5.78 Å². The van der Waals surface area contributed by atoms with Gasteiger partial charge >= 0.3 is 0 Å². The fraction of sp³-hybridized carbons (Fsp3) is 0.300. The van der Waals surface area contributed by atoms with E-state index in [0.29, 0.717) is 4.47 Å². The van der Waals surface area contributed by atoms with E-state index in [4.69, 9.17) is 16.3 Å². The molecule has 1 aromatic rings. The number of Topliss-reactive ketones (excluding diaryl/α,β-unsaturated/α-hetero) is 1. The van der Waals surface area contributed by atoms with Crippen molar-refractivity contribution in [2.45, 2.75) is 0 Å². The number of carbonyl (C=O) groups is 1. The summed E-state index contributed by atoms with van der Waals surface area (Å²) < 4.78 is 23.3. The van der Waals surface area contributed by atoms with Gasteiger partial charge in [-0.2, -0.15) is 0 Å². The molecule has 0 aliphatic rings. The lowest BCUT2D eigenvalue weighted by molar-refractivity contribution is -0.124. The van der Waals surface area contributed by atoms with Crippen molar-refractivity contribution in [1.82, 2.24) is 0 Å². The average molecular weight is 312 g/mol. The molecule has 0 aliphatic carbocycles. The van der Waals surface area contributed by atoms with Crippen molar-refractivity contribution in [2.24, 2.45) is 0 Å². The van der Waals surface area contributed by atoms with Gasteiger partial charge in [-0.3, -0.25) is 4.79 Å². The second-order valence-corrected chi connectivity index (χ2v) is 4.22. The van der Waals surface area contributed by atoms with Crippen LogP contribution in [0, 0.1) is 5.82 Å². The molecule has 0 aromatic heterocycles. The summed E-state index contributed by atoms with van der Waals surface area (Å²) >= 11 is 8.70. The van der Waals surface area contributed by atoms with Crippen LogP contribution in [-0.2, 0) is 9.53 Å². The van der Waals surface area contributed by atoms with Gasteiger partial charge in [0.1, 0.15) is 24.8 Å². The Morgan fingerprint density at radius 1 is 1.50 bits per heavy atom. The molecule has 0 heterocycles. The highest BCUT2D eigenvalue weighted by Gasteiger charge is 2.09. The topological polar surface area (TPSA) is 35.5 Å². The number of methoxy groups -OCH3 is 1. The van der Waals surface area contributed by atoms with Crippen LogP contribution in [0.1, 0.15) is 0 Å². The molecular formula is C10H9BrClFO3. The minimum atomic E-state index is -0.598. The summed E-state index contributed by atoms with van der Waals surface area (Å²) in [6.07, 6.45) is 0. The zero-order chi connectivity index (χ0) is 12.1. The van der Waals surface area contributed by atoms with Gasteiger partial charge in [-0.25, -0.2) is 4.39 Å². The monoisotopic (exact) mass is 310 g/mol. The van der Waals surface area contributed by atoms with Gasteiger partial charge in [-0.1, -0.05) is 11.6 Å². The molecule has 0 unspecified atom stereocenters. The summed E-state index contributed by atoms with van der Waals surface area (Å²) in [5.41, 5.74) is 0. The molecule has 1 aromatic carbocycles. The van der Waals surface area contributed by atoms with Crippen molar-refractivity contribution in [1.29, 1.82) is 0 Å². The zero-order valence-electron chi connectivity index (χ0n) is 8.43. The van der Waals surface area contributed by atoms with E-state index in [1.165, 1.54) is 13.2 Å². The van der Waals surface area contributed by atoms with Crippen LogP contribution < -0.4 is 4.74 Å². The Bertz CT molecular complexity index is 398. The molecular weight excluding hydrogens is 302 g/mol. The van der Waals surface area contributed by atoms with Crippen molar-refractivity contribution in [3.63, 3.8) is 0 Å². The molecule has 0 bridgehead atoms. The fourth-order valence-electron chi connectivity index (χ4n) is 0.976. The van der Waals surface area contributed by atoms with E-state index in [-0.39, 0.29) is 29.8 Å². The second kappa shape index (κ2) is 6.18. The quantitative estimate of drug-likeness (QED) is 0.785. The lowest BCUT2D eigenvalue weighted by Gasteiger charge is -2.08. The van der Waals surface area contributed by atoms with E-state index >= 15 is 0 Å². The Kier molecular flexibility index (Phi) is 5.18. The van der Waals surface area contributed by atoms with E-state index in [0.717, 1.165) is 6.07 Å². The van der Waals surface area contributed by atoms with Crippen molar-refractivity contribution in [3.8, 4) is 5.75 Å². The van der Waals surface area contributed by atoms with Crippen molar-refractivity contribution < 1.29 is 18.7 Å². The number of hydrogen-bond donors (Lipinski definition) is 0. The highest BCUT2D eigenvalue weighted by molar-refractivity contribution is 9.10. The van der Waals surface area contributed by atoms with Crippen molar-refractivity contribution >= 4 is 33.3 Å². The predicted octanol–water partition coefficient (Wildman–Crippen LogP) is 2.84. The van der Waals surface area contributed by atoms with Crippen LogP contribution in [-0.4, -0.2) is 26.1 Å². The molecule has 0 spiro atoms. The van der Waals surface area contributed by atoms with Crippen LogP contribution in [0.2, 0.25) is 5.02 Å². The van der Waals surface area contributed by atoms with E-state index in [1.807, 2.05) is 0 Å². The molecule has 88 valence electrons. The van der Waals surface area contributed by atoms with E-state index in [2.05, 4.69) is 20.7 Å². The first kappa shape index (κ1) is 13.4. The maximum Gasteiger partial charge on any atom is 0.195 e. The zero-order valence-corrected chi connectivity index (χ0v) is 10.8. The van der Waals surface area contributed by atoms with Crippen molar-refractivity contribution in [2.75, 3.05) is 20.3 Å². The summed E-state index contributed by atoms with van der Waals surface area (Å²) in [5.74, 6) is -0.602. The number of carbonyl (C=O) groups excluding carboxylic acids is 1. The van der Waals surface area contributed by atoms with Crippen LogP contribution in [0.25, 0.3) is 0 Å². The third-order valence-electron chi connectivity index (χ3n) is 1.67. The molecule has 0 saturated heterocycles. The first-order valence-electron chi connectivity index (χ1n) is 4.32. The minimum Gasteiger partial charge on any atom is -0.484 e. The minimum absolute atomic E-state index is 0.0116. The van der Waals surface area contributed by atoms with E-state index in [1.54, 1.807) is 0 Å². The number of hydrogen-bond acceptors (Lipinski definition) is 3. The van der Waals surface area contributed by atoms with Gasteiger partial charge in [0.25, 0.3) is 0 Å². The number of halogens is 3. The molecule has 0 saturated carbocycles. The molecule has 16 heavy (non-hydrogen) atoms. The Morgan fingerprint density at radius 2 is 2.19 bits per heavy atom. The van der Waals surface area contributed by atoms with Gasteiger partial charge in [-0.15, -0.1) is 0 Å². The predicted molar refractivity (Wildman–Crippen MR) is 61.5 cm³/mol. The molecule has 0 aliphatic heterocycles. The Balaban J connectivity index is 2.67. The standard InChI is InChI=1S/C10H9BrClFO3/c1-15-4-6(14)5-16-10-3-9(13)8(12)2-7(10)11/h2-3H,4-5H2,1H3. The SMILES string of the molecule is COCC(=O)COc1cc(F)c(Cl)cc1Br. The molecule has 0 fully saturated rings. The molecule has 0 radical (unpaired) electrons. The van der Waals surface area contributed by atoms with Crippen LogP contribution in [0.4, 0.5) is 4.39 Å². The summed E-state index contributed by atoms with van der Waals surface area (Å²) in [5, 5.41) is -0.0116. The van der Waals surface area contributed by atoms with Gasteiger partial charge in [0.05, 0.1) is 9.50 Å². The molecule has 0 amide bonds. The summed E-state index contributed by atoms with van der Waals surface area (Å²) in [7, 11) is 1.41.